The normalized spacial score (nSPS) is 10.9. The zero-order valence-electron chi connectivity index (χ0n) is 14.8. The number of hydrogen-bond donors (Lipinski definition) is 2. The fourth-order valence-corrected chi connectivity index (χ4v) is 2.19. The van der Waals surface area contributed by atoms with Gasteiger partial charge >= 0.3 is 0 Å². The highest BCUT2D eigenvalue weighted by molar-refractivity contribution is 6.14. The molecule has 2 amide bonds. The van der Waals surface area contributed by atoms with Crippen molar-refractivity contribution in [2.75, 3.05) is 10.6 Å². The van der Waals surface area contributed by atoms with Gasteiger partial charge in [-0.25, -0.2) is 0 Å². The van der Waals surface area contributed by atoms with Crippen LogP contribution in [0.25, 0.3) is 0 Å². The molecule has 0 saturated heterocycles. The summed E-state index contributed by atoms with van der Waals surface area (Å²) in [6, 6.07) is 13.9. The maximum atomic E-state index is 12.5. The first-order valence-electron chi connectivity index (χ1n) is 8.01. The summed E-state index contributed by atoms with van der Waals surface area (Å²) in [6.07, 6.45) is 0. The Morgan fingerprint density at radius 1 is 0.840 bits per heavy atom. The second kappa shape index (κ2) is 7.30. The Morgan fingerprint density at radius 2 is 1.40 bits per heavy atom. The van der Waals surface area contributed by atoms with Crippen molar-refractivity contribution in [3.63, 3.8) is 0 Å². The molecule has 2 rings (SSSR count). The van der Waals surface area contributed by atoms with Gasteiger partial charge in [-0.1, -0.05) is 12.1 Å². The Kier molecular flexibility index (Phi) is 5.37. The molecule has 2 aromatic rings. The Hall–Kier alpha value is -2.95. The molecule has 0 aliphatic heterocycles. The summed E-state index contributed by atoms with van der Waals surface area (Å²) in [5.41, 5.74) is 1.51. The van der Waals surface area contributed by atoms with Crippen molar-refractivity contribution in [3.05, 3.63) is 59.7 Å². The number of ketones is 1. The van der Waals surface area contributed by atoms with Crippen molar-refractivity contribution in [2.45, 2.75) is 27.7 Å². The van der Waals surface area contributed by atoms with Gasteiger partial charge in [0.2, 0.25) is 11.8 Å². The van der Waals surface area contributed by atoms with Crippen LogP contribution in [0.3, 0.4) is 0 Å². The van der Waals surface area contributed by atoms with Gasteiger partial charge in [0.05, 0.1) is 0 Å². The largest absolute Gasteiger partial charge is 0.325 e. The molecule has 0 spiro atoms. The lowest BCUT2D eigenvalue weighted by atomic mass is 9.90. The van der Waals surface area contributed by atoms with Gasteiger partial charge in [-0.3, -0.25) is 14.4 Å². The predicted molar refractivity (Wildman–Crippen MR) is 98.7 cm³/mol. The molecule has 0 aliphatic rings. The van der Waals surface area contributed by atoms with Crippen molar-refractivity contribution < 1.29 is 14.4 Å². The van der Waals surface area contributed by atoms with Gasteiger partial charge in [-0.15, -0.1) is 0 Å². The van der Waals surface area contributed by atoms with Gasteiger partial charge in [0.1, 0.15) is 5.41 Å². The zero-order chi connectivity index (χ0) is 18.6. The molecule has 0 unspecified atom stereocenters. The Labute approximate surface area is 147 Å². The molecule has 0 atom stereocenters. The second-order valence-electron chi connectivity index (χ2n) is 6.54. The van der Waals surface area contributed by atoms with Crippen LogP contribution in [0, 0.1) is 12.3 Å². The number of hydrogen-bond acceptors (Lipinski definition) is 3. The van der Waals surface area contributed by atoms with Crippen molar-refractivity contribution in [3.8, 4) is 0 Å². The topological polar surface area (TPSA) is 75.3 Å². The Balaban J connectivity index is 2.07. The highest BCUT2D eigenvalue weighted by Gasteiger charge is 2.36. The van der Waals surface area contributed by atoms with Crippen molar-refractivity contribution >= 4 is 29.0 Å². The number of nitrogens with one attached hydrogen (secondary N) is 2. The van der Waals surface area contributed by atoms with Crippen molar-refractivity contribution in [1.82, 2.24) is 0 Å². The second-order valence-corrected chi connectivity index (χ2v) is 6.54. The van der Waals surface area contributed by atoms with Gasteiger partial charge < -0.3 is 10.6 Å². The van der Waals surface area contributed by atoms with Crippen LogP contribution < -0.4 is 10.6 Å². The number of anilines is 2. The summed E-state index contributed by atoms with van der Waals surface area (Å²) in [4.78, 5) is 36.3. The summed E-state index contributed by atoms with van der Waals surface area (Å²) in [6.45, 7) is 6.54. The van der Waals surface area contributed by atoms with Crippen LogP contribution in [-0.2, 0) is 9.59 Å². The lowest BCUT2D eigenvalue weighted by Crippen LogP contribution is -2.41. The van der Waals surface area contributed by atoms with Gasteiger partial charge in [-0.2, -0.15) is 0 Å². The van der Waals surface area contributed by atoms with Gasteiger partial charge in [0.25, 0.3) is 0 Å². The molecule has 0 heterocycles. The molecular formula is C20H22N2O3. The lowest BCUT2D eigenvalue weighted by Gasteiger charge is -2.23. The zero-order valence-corrected chi connectivity index (χ0v) is 14.8. The van der Waals surface area contributed by atoms with Crippen LogP contribution in [0.2, 0.25) is 0 Å². The molecule has 5 heteroatoms. The molecule has 5 nitrogen and oxygen atoms in total. The molecule has 0 radical (unpaired) electrons. The summed E-state index contributed by atoms with van der Waals surface area (Å²) in [5, 5.41) is 5.48. The summed E-state index contributed by atoms with van der Waals surface area (Å²) in [5.74, 6) is -0.861. The number of amides is 2. The van der Waals surface area contributed by atoms with Gasteiger partial charge in [-0.05, 0) is 69.7 Å². The fourth-order valence-electron chi connectivity index (χ4n) is 2.19. The maximum absolute atomic E-state index is 12.5. The van der Waals surface area contributed by atoms with Crippen LogP contribution in [-0.4, -0.2) is 17.6 Å². The smallest absolute Gasteiger partial charge is 0.239 e. The van der Waals surface area contributed by atoms with Crippen molar-refractivity contribution in [1.29, 1.82) is 0 Å². The minimum absolute atomic E-state index is 0.0456. The lowest BCUT2D eigenvalue weighted by molar-refractivity contribution is -0.135. The molecule has 2 N–H and O–H groups in total. The number of Topliss-reactive ketones (excluding diaryl/α,β-unsaturated/α-hetero) is 1. The first-order chi connectivity index (χ1) is 11.7. The van der Waals surface area contributed by atoms with E-state index in [2.05, 4.69) is 10.6 Å². The third-order valence-electron chi connectivity index (χ3n) is 3.96. The quantitative estimate of drug-likeness (QED) is 0.643. The average Bonchev–Trinajstić information content (AvgIpc) is 2.55. The van der Waals surface area contributed by atoms with Crippen LogP contribution >= 0.6 is 0 Å². The molecule has 0 aliphatic carbocycles. The minimum Gasteiger partial charge on any atom is -0.325 e. The summed E-state index contributed by atoms with van der Waals surface area (Å²) >= 11 is 0. The molecule has 0 bridgehead atoms. The molecule has 2 aromatic carbocycles. The molecule has 130 valence electrons. The molecule has 0 aromatic heterocycles. The van der Waals surface area contributed by atoms with E-state index in [1.165, 1.54) is 6.92 Å². The summed E-state index contributed by atoms with van der Waals surface area (Å²) < 4.78 is 0. The number of benzene rings is 2. The van der Waals surface area contributed by atoms with Crippen LogP contribution in [0.4, 0.5) is 11.4 Å². The van der Waals surface area contributed by atoms with E-state index >= 15 is 0 Å². The number of rotatable bonds is 5. The molecular weight excluding hydrogens is 316 g/mol. The van der Waals surface area contributed by atoms with E-state index in [0.717, 1.165) is 5.56 Å². The number of carbonyl (C=O) groups excluding carboxylic acids is 3. The third kappa shape index (κ3) is 4.53. The van der Waals surface area contributed by atoms with E-state index in [1.54, 1.807) is 44.2 Å². The van der Waals surface area contributed by atoms with E-state index in [-0.39, 0.29) is 5.78 Å². The maximum Gasteiger partial charge on any atom is 0.239 e. The minimum atomic E-state index is -1.26. The van der Waals surface area contributed by atoms with E-state index in [9.17, 15) is 14.4 Å². The standard InChI is InChI=1S/C20H22N2O3/c1-13-6-5-7-17(12-13)22-19(25)20(3,4)18(24)21-16-10-8-15(9-11-16)14(2)23/h5-12H,1-4H3,(H,21,24)(H,22,25). The van der Waals surface area contributed by atoms with Crippen LogP contribution in [0.5, 0.6) is 0 Å². The average molecular weight is 338 g/mol. The molecule has 0 fully saturated rings. The van der Waals surface area contributed by atoms with E-state index < -0.39 is 17.2 Å². The number of aryl methyl sites for hydroxylation is 1. The van der Waals surface area contributed by atoms with Crippen LogP contribution in [0.1, 0.15) is 36.7 Å². The molecule has 0 saturated carbocycles. The SMILES string of the molecule is CC(=O)c1ccc(NC(=O)C(C)(C)C(=O)Nc2cccc(C)c2)cc1. The molecule has 25 heavy (non-hydrogen) atoms. The van der Waals surface area contributed by atoms with E-state index in [0.29, 0.717) is 16.9 Å². The Morgan fingerprint density at radius 3 is 1.92 bits per heavy atom. The first kappa shape index (κ1) is 18.4. The summed E-state index contributed by atoms with van der Waals surface area (Å²) in [7, 11) is 0. The fraction of sp³-hybridized carbons (Fsp3) is 0.250. The van der Waals surface area contributed by atoms with E-state index in [1.807, 2.05) is 25.1 Å². The van der Waals surface area contributed by atoms with Crippen LogP contribution in [0.15, 0.2) is 48.5 Å². The van der Waals surface area contributed by atoms with Gasteiger partial charge in [0, 0.05) is 16.9 Å². The van der Waals surface area contributed by atoms with E-state index in [4.69, 9.17) is 0 Å². The number of carbonyl (C=O) groups is 3. The first-order valence-corrected chi connectivity index (χ1v) is 8.01. The van der Waals surface area contributed by atoms with Crippen molar-refractivity contribution in [2.24, 2.45) is 5.41 Å². The highest BCUT2D eigenvalue weighted by Crippen LogP contribution is 2.22. The van der Waals surface area contributed by atoms with Gasteiger partial charge in [0.15, 0.2) is 5.78 Å². The predicted octanol–water partition coefficient (Wildman–Crippen LogP) is 3.80. The monoisotopic (exact) mass is 338 g/mol. The Bertz CT molecular complexity index is 808. The highest BCUT2D eigenvalue weighted by atomic mass is 16.2. The third-order valence-corrected chi connectivity index (χ3v) is 3.96.